The van der Waals surface area contributed by atoms with Crippen LogP contribution in [0.25, 0.3) is 27.3 Å². The Labute approximate surface area is 275 Å². The second kappa shape index (κ2) is 12.7. The van der Waals surface area contributed by atoms with Crippen LogP contribution in [0.3, 0.4) is 0 Å². The van der Waals surface area contributed by atoms with Gasteiger partial charge in [0.2, 0.25) is 0 Å². The number of nitrogens with zero attached hydrogens (tertiary/aromatic N) is 2. The number of para-hydroxylation sites is 1. The topological polar surface area (TPSA) is 63.9 Å². The lowest BCUT2D eigenvalue weighted by atomic mass is 9.80. The molecule has 0 aliphatic heterocycles. The maximum Gasteiger partial charge on any atom is 0.157 e. The van der Waals surface area contributed by atoms with E-state index in [1.165, 1.54) is 22.1 Å². The first kappa shape index (κ1) is 29.0. The molecule has 2 N–H and O–H groups in total. The summed E-state index contributed by atoms with van der Waals surface area (Å²) in [6.45, 7) is 0.645. The van der Waals surface area contributed by atoms with Gasteiger partial charge in [0.15, 0.2) is 5.84 Å². The average Bonchev–Trinajstić information content (AvgIpc) is 3.53. The molecule has 0 fully saturated rings. The zero-order chi connectivity index (χ0) is 31.6. The zero-order valence-corrected chi connectivity index (χ0v) is 26.3. The molecule has 47 heavy (non-hydrogen) atoms. The van der Waals surface area contributed by atoms with Crippen LogP contribution in [0.5, 0.6) is 0 Å². The van der Waals surface area contributed by atoms with Gasteiger partial charge in [-0.15, -0.1) is 0 Å². The highest BCUT2D eigenvalue weighted by molar-refractivity contribution is 6.14. The zero-order valence-electron chi connectivity index (χ0n) is 26.3. The summed E-state index contributed by atoms with van der Waals surface area (Å²) in [5.41, 5.74) is 14.4. The van der Waals surface area contributed by atoms with Gasteiger partial charge in [-0.3, -0.25) is 4.99 Å². The maximum absolute atomic E-state index is 6.70. The maximum atomic E-state index is 6.70. The number of fused-ring (bicyclic) bond motifs is 4. The van der Waals surface area contributed by atoms with Crippen LogP contribution in [0.4, 0.5) is 0 Å². The summed E-state index contributed by atoms with van der Waals surface area (Å²) < 4.78 is 6.70. The van der Waals surface area contributed by atoms with Gasteiger partial charge in [-0.05, 0) is 76.9 Å². The van der Waals surface area contributed by atoms with E-state index in [0.29, 0.717) is 24.1 Å². The van der Waals surface area contributed by atoms with E-state index in [1.807, 2.05) is 6.07 Å². The number of rotatable bonds is 6. The van der Waals surface area contributed by atoms with E-state index in [2.05, 4.69) is 134 Å². The first-order valence-electron chi connectivity index (χ1n) is 16.6. The summed E-state index contributed by atoms with van der Waals surface area (Å²) >= 11 is 0. The average molecular weight is 612 g/mol. The van der Waals surface area contributed by atoms with E-state index in [0.717, 1.165) is 64.5 Å². The Morgan fingerprint density at radius 1 is 0.830 bits per heavy atom. The third-order valence-corrected chi connectivity index (χ3v) is 9.49. The molecule has 1 heterocycles. The molecule has 230 valence electrons. The van der Waals surface area contributed by atoms with Crippen molar-refractivity contribution in [3.63, 3.8) is 0 Å². The molecule has 4 heteroatoms. The summed E-state index contributed by atoms with van der Waals surface area (Å²) in [6, 6.07) is 32.2. The molecule has 4 nitrogen and oxygen atoms in total. The molecular weight excluding hydrogens is 574 g/mol. The molecule has 0 saturated heterocycles. The molecule has 2 unspecified atom stereocenters. The summed E-state index contributed by atoms with van der Waals surface area (Å²) in [5.74, 6) is 2.71. The van der Waals surface area contributed by atoms with Crippen LogP contribution in [0.2, 0.25) is 0 Å². The van der Waals surface area contributed by atoms with Gasteiger partial charge in [0, 0.05) is 34.9 Å². The van der Waals surface area contributed by atoms with E-state index < -0.39 is 0 Å². The van der Waals surface area contributed by atoms with Crippen molar-refractivity contribution in [3.05, 3.63) is 173 Å². The number of benzene rings is 4. The SMILES string of the molecule is NC(=NC(=NCC1C=CC=CC1)c1cc(C2=CCC(c3ccccc3)c3oc4ccccc4c32)c2ccccc2c1)C1=CC=CCC1. The Hall–Kier alpha value is -5.48. The fraction of sp³-hybridized carbons (Fsp3) is 0.163. The number of furan rings is 1. The molecule has 0 bridgehead atoms. The predicted octanol–water partition coefficient (Wildman–Crippen LogP) is 10.1. The standard InChI is InChI=1S/C43H37N3O/c44-42(31-18-8-3-9-19-31)46-43(45-28-29-14-4-1-5-15-29)33-26-32-20-10-11-21-34(32)38(27-33)36-25-24-35(30-16-6-2-7-17-30)41-40(36)37-22-12-13-23-39(37)47-41/h1-8,10-14,16-18,20-23,25-27,29,35H,9,15,19,24,28H2,(H2,44,45,46). The number of aliphatic imine (C=N–C) groups is 2. The van der Waals surface area contributed by atoms with Gasteiger partial charge >= 0.3 is 0 Å². The minimum atomic E-state index is 0.147. The van der Waals surface area contributed by atoms with Gasteiger partial charge in [-0.1, -0.05) is 121 Å². The van der Waals surface area contributed by atoms with Crippen LogP contribution in [0.1, 0.15) is 59.6 Å². The molecule has 0 amide bonds. The van der Waals surface area contributed by atoms with Crippen molar-refractivity contribution in [3.8, 4) is 0 Å². The lowest BCUT2D eigenvalue weighted by molar-refractivity contribution is 0.516. The van der Waals surface area contributed by atoms with Gasteiger partial charge in [-0.2, -0.15) is 0 Å². The van der Waals surface area contributed by atoms with Crippen LogP contribution < -0.4 is 5.73 Å². The Morgan fingerprint density at radius 2 is 1.66 bits per heavy atom. The third-order valence-electron chi connectivity index (χ3n) is 9.49. The highest BCUT2D eigenvalue weighted by atomic mass is 16.3. The molecule has 0 saturated carbocycles. The minimum Gasteiger partial charge on any atom is -0.460 e. The van der Waals surface area contributed by atoms with Crippen LogP contribution >= 0.6 is 0 Å². The van der Waals surface area contributed by atoms with E-state index in [-0.39, 0.29) is 5.92 Å². The lowest BCUT2D eigenvalue weighted by Crippen LogP contribution is -2.19. The van der Waals surface area contributed by atoms with Crippen molar-refractivity contribution in [2.75, 3.05) is 6.54 Å². The summed E-state index contributed by atoms with van der Waals surface area (Å²) in [6.07, 6.45) is 21.0. The fourth-order valence-electron chi connectivity index (χ4n) is 7.08. The highest BCUT2D eigenvalue weighted by Crippen LogP contribution is 2.47. The van der Waals surface area contributed by atoms with Crippen molar-refractivity contribution < 1.29 is 4.42 Å². The third kappa shape index (κ3) is 5.72. The lowest BCUT2D eigenvalue weighted by Gasteiger charge is -2.23. The van der Waals surface area contributed by atoms with Crippen molar-refractivity contribution in [1.82, 2.24) is 0 Å². The minimum absolute atomic E-state index is 0.147. The molecule has 0 radical (unpaired) electrons. The smallest absolute Gasteiger partial charge is 0.157 e. The van der Waals surface area contributed by atoms with Gasteiger partial charge in [-0.25, -0.2) is 4.99 Å². The molecule has 5 aromatic rings. The number of amidine groups is 2. The van der Waals surface area contributed by atoms with Crippen LogP contribution in [-0.2, 0) is 0 Å². The van der Waals surface area contributed by atoms with E-state index >= 15 is 0 Å². The molecule has 0 spiro atoms. The second-order valence-electron chi connectivity index (χ2n) is 12.5. The van der Waals surface area contributed by atoms with E-state index in [1.54, 1.807) is 0 Å². The van der Waals surface area contributed by atoms with Gasteiger partial charge < -0.3 is 10.2 Å². The molecule has 1 aromatic heterocycles. The Bertz CT molecular complexity index is 2190. The number of hydrogen-bond donors (Lipinski definition) is 1. The van der Waals surface area contributed by atoms with Crippen molar-refractivity contribution in [1.29, 1.82) is 0 Å². The van der Waals surface area contributed by atoms with Crippen molar-refractivity contribution >= 4 is 39.0 Å². The van der Waals surface area contributed by atoms with Gasteiger partial charge in [0.25, 0.3) is 0 Å². The Morgan fingerprint density at radius 3 is 2.49 bits per heavy atom. The number of hydrogen-bond acceptors (Lipinski definition) is 2. The predicted molar refractivity (Wildman–Crippen MR) is 196 cm³/mol. The normalized spacial score (nSPS) is 19.6. The van der Waals surface area contributed by atoms with Crippen molar-refractivity contribution in [2.24, 2.45) is 21.6 Å². The van der Waals surface area contributed by atoms with Crippen LogP contribution in [0, 0.1) is 5.92 Å². The highest BCUT2D eigenvalue weighted by Gasteiger charge is 2.30. The monoisotopic (exact) mass is 611 g/mol. The first-order chi connectivity index (χ1) is 23.2. The Balaban J connectivity index is 1.30. The first-order valence-corrected chi connectivity index (χ1v) is 16.6. The Kier molecular flexibility index (Phi) is 7.84. The number of allylic oxidation sites excluding steroid dienone is 7. The van der Waals surface area contributed by atoms with Crippen LogP contribution in [-0.4, -0.2) is 18.2 Å². The summed E-state index contributed by atoms with van der Waals surface area (Å²) in [4.78, 5) is 10.2. The largest absolute Gasteiger partial charge is 0.460 e. The second-order valence-corrected chi connectivity index (χ2v) is 12.5. The van der Waals surface area contributed by atoms with Gasteiger partial charge in [0.05, 0.1) is 0 Å². The summed E-state index contributed by atoms with van der Waals surface area (Å²) in [5, 5.41) is 3.46. The summed E-state index contributed by atoms with van der Waals surface area (Å²) in [7, 11) is 0. The molecule has 2 atom stereocenters. The molecule has 3 aliphatic carbocycles. The molecule has 4 aromatic carbocycles. The number of nitrogens with two attached hydrogens (primary N) is 1. The quantitative estimate of drug-likeness (QED) is 0.153. The molecular formula is C43H37N3O. The van der Waals surface area contributed by atoms with Crippen LogP contribution in [0.15, 0.2) is 160 Å². The van der Waals surface area contributed by atoms with Crippen molar-refractivity contribution in [2.45, 2.75) is 31.6 Å². The fourth-order valence-corrected chi connectivity index (χ4v) is 7.08. The van der Waals surface area contributed by atoms with E-state index in [9.17, 15) is 0 Å². The molecule has 8 rings (SSSR count). The molecule has 3 aliphatic rings. The van der Waals surface area contributed by atoms with Gasteiger partial charge in [0.1, 0.15) is 17.2 Å². The van der Waals surface area contributed by atoms with E-state index in [4.69, 9.17) is 20.1 Å².